The topological polar surface area (TPSA) is 32.3 Å². The number of nitrogens with one attached hydrogen (secondary N) is 1. The van der Waals surface area contributed by atoms with Crippen LogP contribution in [0.4, 0.5) is 4.39 Å². The van der Waals surface area contributed by atoms with E-state index in [2.05, 4.69) is 24.1 Å². The fraction of sp³-hybridized carbons (Fsp3) is 0.632. The molecule has 1 aliphatic heterocycles. The molecule has 0 radical (unpaired) electrons. The average Bonchev–Trinajstić information content (AvgIpc) is 3.07. The molecule has 0 saturated carbocycles. The summed E-state index contributed by atoms with van der Waals surface area (Å²) in [6.45, 7) is 7.39. The summed E-state index contributed by atoms with van der Waals surface area (Å²) in [5, 5.41) is 3.08. The second-order valence-corrected chi connectivity index (χ2v) is 7.12. The molecule has 0 aliphatic carbocycles. The SMILES string of the molecule is CC(C)(CNC(=O)CCCCc1ccc(F)cc1)N1CCCC1. The third-order valence-corrected chi connectivity index (χ3v) is 4.71. The number of rotatable bonds is 8. The first kappa shape index (κ1) is 17.9. The molecule has 0 aromatic heterocycles. The smallest absolute Gasteiger partial charge is 0.220 e. The van der Waals surface area contributed by atoms with Crippen molar-refractivity contribution in [2.45, 2.75) is 57.9 Å². The van der Waals surface area contributed by atoms with Gasteiger partial charge in [-0.25, -0.2) is 4.39 Å². The molecular weight excluding hydrogens is 291 g/mol. The fourth-order valence-electron chi connectivity index (χ4n) is 3.10. The van der Waals surface area contributed by atoms with Crippen LogP contribution in [-0.2, 0) is 11.2 Å². The highest BCUT2D eigenvalue weighted by Crippen LogP contribution is 2.20. The van der Waals surface area contributed by atoms with Crippen molar-refractivity contribution in [1.29, 1.82) is 0 Å². The van der Waals surface area contributed by atoms with Crippen molar-refractivity contribution in [2.75, 3.05) is 19.6 Å². The lowest BCUT2D eigenvalue weighted by Gasteiger charge is -2.35. The number of nitrogens with zero attached hydrogens (tertiary/aromatic N) is 1. The van der Waals surface area contributed by atoms with E-state index in [0.717, 1.165) is 37.9 Å². The second-order valence-electron chi connectivity index (χ2n) is 7.12. The number of likely N-dealkylation sites (tertiary alicyclic amines) is 1. The van der Waals surface area contributed by atoms with Crippen LogP contribution in [-0.4, -0.2) is 36.0 Å². The van der Waals surface area contributed by atoms with Crippen LogP contribution in [0.15, 0.2) is 24.3 Å². The molecule has 1 saturated heterocycles. The Kier molecular flexibility index (Phi) is 6.58. The number of aryl methyl sites for hydroxylation is 1. The molecule has 1 fully saturated rings. The molecule has 1 aliphatic rings. The van der Waals surface area contributed by atoms with E-state index in [9.17, 15) is 9.18 Å². The minimum absolute atomic E-state index is 0.0419. The van der Waals surface area contributed by atoms with E-state index in [0.29, 0.717) is 13.0 Å². The highest BCUT2D eigenvalue weighted by atomic mass is 19.1. The summed E-state index contributed by atoms with van der Waals surface area (Å²) in [7, 11) is 0. The van der Waals surface area contributed by atoms with Gasteiger partial charge in [0.1, 0.15) is 5.82 Å². The summed E-state index contributed by atoms with van der Waals surface area (Å²) in [6, 6.07) is 6.60. The Morgan fingerprint density at radius 2 is 1.83 bits per heavy atom. The third kappa shape index (κ3) is 5.94. The molecular formula is C19H29FN2O. The van der Waals surface area contributed by atoms with Gasteiger partial charge in [0.15, 0.2) is 0 Å². The molecule has 4 heteroatoms. The van der Waals surface area contributed by atoms with Crippen molar-refractivity contribution >= 4 is 5.91 Å². The van der Waals surface area contributed by atoms with E-state index < -0.39 is 0 Å². The van der Waals surface area contributed by atoms with Gasteiger partial charge in [-0.3, -0.25) is 9.69 Å². The largest absolute Gasteiger partial charge is 0.354 e. The van der Waals surface area contributed by atoms with Crippen LogP contribution in [0, 0.1) is 5.82 Å². The van der Waals surface area contributed by atoms with Crippen molar-refractivity contribution in [3.8, 4) is 0 Å². The Morgan fingerprint density at radius 3 is 2.48 bits per heavy atom. The number of amides is 1. The number of benzene rings is 1. The summed E-state index contributed by atoms with van der Waals surface area (Å²) >= 11 is 0. The molecule has 0 unspecified atom stereocenters. The number of carbonyl (C=O) groups excluding carboxylic acids is 1. The van der Waals surface area contributed by atoms with Crippen molar-refractivity contribution in [3.63, 3.8) is 0 Å². The highest BCUT2D eigenvalue weighted by molar-refractivity contribution is 5.75. The van der Waals surface area contributed by atoms with Crippen molar-refractivity contribution < 1.29 is 9.18 Å². The Hall–Kier alpha value is -1.42. The van der Waals surface area contributed by atoms with Crippen molar-refractivity contribution in [2.24, 2.45) is 0 Å². The Balaban J connectivity index is 1.60. The van der Waals surface area contributed by atoms with Gasteiger partial charge in [-0.1, -0.05) is 12.1 Å². The first-order valence-electron chi connectivity index (χ1n) is 8.73. The van der Waals surface area contributed by atoms with Gasteiger partial charge < -0.3 is 5.32 Å². The molecule has 1 heterocycles. The summed E-state index contributed by atoms with van der Waals surface area (Å²) in [6.07, 6.45) is 5.81. The van der Waals surface area contributed by atoms with Crippen LogP contribution in [0.1, 0.15) is 51.5 Å². The standard InChI is InChI=1S/C19H29FN2O/c1-19(2,22-13-5-6-14-22)15-21-18(23)8-4-3-7-16-9-11-17(20)12-10-16/h9-12H,3-8,13-15H2,1-2H3,(H,21,23). The maximum atomic E-state index is 12.8. The molecule has 0 atom stereocenters. The lowest BCUT2D eigenvalue weighted by atomic mass is 10.0. The minimum atomic E-state index is -0.200. The quantitative estimate of drug-likeness (QED) is 0.743. The molecule has 3 nitrogen and oxygen atoms in total. The van der Waals surface area contributed by atoms with Gasteiger partial charge in [-0.15, -0.1) is 0 Å². The maximum absolute atomic E-state index is 12.8. The van der Waals surface area contributed by atoms with E-state index >= 15 is 0 Å². The van der Waals surface area contributed by atoms with Crippen LogP contribution in [0.5, 0.6) is 0 Å². The van der Waals surface area contributed by atoms with Crippen LogP contribution >= 0.6 is 0 Å². The fourth-order valence-corrected chi connectivity index (χ4v) is 3.10. The summed E-state index contributed by atoms with van der Waals surface area (Å²) < 4.78 is 12.8. The number of unbranched alkanes of at least 4 members (excludes halogenated alkanes) is 1. The zero-order chi connectivity index (χ0) is 16.7. The first-order valence-corrected chi connectivity index (χ1v) is 8.73. The molecule has 1 aromatic carbocycles. The van der Waals surface area contributed by atoms with Gasteiger partial charge in [-0.2, -0.15) is 0 Å². The maximum Gasteiger partial charge on any atom is 0.220 e. The molecule has 1 amide bonds. The lowest BCUT2D eigenvalue weighted by Crippen LogP contribution is -2.50. The van der Waals surface area contributed by atoms with Crippen molar-refractivity contribution in [1.82, 2.24) is 10.2 Å². The number of carbonyl (C=O) groups is 1. The average molecular weight is 320 g/mol. The second kappa shape index (κ2) is 8.44. The molecule has 0 bridgehead atoms. The Morgan fingerprint density at radius 1 is 1.17 bits per heavy atom. The minimum Gasteiger partial charge on any atom is -0.354 e. The summed E-state index contributed by atoms with van der Waals surface area (Å²) in [4.78, 5) is 14.4. The van der Waals surface area contributed by atoms with Gasteiger partial charge in [-0.05, 0) is 76.7 Å². The van der Waals surface area contributed by atoms with E-state index in [1.807, 2.05) is 12.1 Å². The highest BCUT2D eigenvalue weighted by Gasteiger charge is 2.29. The number of halogens is 1. The summed E-state index contributed by atoms with van der Waals surface area (Å²) in [5.74, 6) is -0.0647. The monoisotopic (exact) mass is 320 g/mol. The molecule has 1 N–H and O–H groups in total. The van der Waals surface area contributed by atoms with Gasteiger partial charge in [0.05, 0.1) is 0 Å². The molecule has 23 heavy (non-hydrogen) atoms. The van der Waals surface area contributed by atoms with Crippen LogP contribution in [0.3, 0.4) is 0 Å². The van der Waals surface area contributed by atoms with Gasteiger partial charge >= 0.3 is 0 Å². The van der Waals surface area contributed by atoms with Crippen LogP contribution in [0.25, 0.3) is 0 Å². The number of hydrogen-bond donors (Lipinski definition) is 1. The van der Waals surface area contributed by atoms with Gasteiger partial charge in [0.25, 0.3) is 0 Å². The Labute approximate surface area is 139 Å². The molecule has 2 rings (SSSR count). The molecule has 128 valence electrons. The van der Waals surface area contributed by atoms with E-state index in [-0.39, 0.29) is 17.3 Å². The number of hydrogen-bond acceptors (Lipinski definition) is 2. The van der Waals surface area contributed by atoms with Gasteiger partial charge in [0.2, 0.25) is 5.91 Å². The normalized spacial score (nSPS) is 15.8. The van der Waals surface area contributed by atoms with Gasteiger partial charge in [0, 0.05) is 18.5 Å². The predicted molar refractivity (Wildman–Crippen MR) is 91.9 cm³/mol. The lowest BCUT2D eigenvalue weighted by molar-refractivity contribution is -0.121. The summed E-state index contributed by atoms with van der Waals surface area (Å²) in [5.41, 5.74) is 1.17. The van der Waals surface area contributed by atoms with E-state index in [1.165, 1.54) is 25.0 Å². The Bertz CT molecular complexity index is 493. The van der Waals surface area contributed by atoms with Crippen molar-refractivity contribution in [3.05, 3.63) is 35.6 Å². The first-order chi connectivity index (χ1) is 11.0. The zero-order valence-electron chi connectivity index (χ0n) is 14.4. The van der Waals surface area contributed by atoms with Crippen LogP contribution in [0.2, 0.25) is 0 Å². The molecule has 1 aromatic rings. The van der Waals surface area contributed by atoms with E-state index in [1.54, 1.807) is 0 Å². The predicted octanol–water partition coefficient (Wildman–Crippen LogP) is 3.53. The molecule has 0 spiro atoms. The third-order valence-electron chi connectivity index (χ3n) is 4.71. The van der Waals surface area contributed by atoms with E-state index in [4.69, 9.17) is 0 Å². The zero-order valence-corrected chi connectivity index (χ0v) is 14.4. The van der Waals surface area contributed by atoms with Crippen LogP contribution < -0.4 is 5.32 Å².